The molecule has 1 atom stereocenters. The molecular weight excluding hydrogens is 225 g/mol. The summed E-state index contributed by atoms with van der Waals surface area (Å²) in [7, 11) is 0. The molecular formula is C11H16FN3O2. The van der Waals surface area contributed by atoms with Gasteiger partial charge in [0.2, 0.25) is 0 Å². The van der Waals surface area contributed by atoms with Crippen molar-refractivity contribution in [3.63, 3.8) is 0 Å². The quantitative estimate of drug-likeness (QED) is 0.591. The second kappa shape index (κ2) is 6.15. The third-order valence-electron chi connectivity index (χ3n) is 2.44. The first-order valence-corrected chi connectivity index (χ1v) is 5.49. The van der Waals surface area contributed by atoms with Crippen molar-refractivity contribution in [2.24, 2.45) is 5.73 Å². The zero-order chi connectivity index (χ0) is 12.8. The lowest BCUT2D eigenvalue weighted by Gasteiger charge is -2.17. The first-order valence-electron chi connectivity index (χ1n) is 5.49. The first kappa shape index (κ1) is 13.4. The molecule has 1 aromatic carbocycles. The molecule has 5 nitrogen and oxygen atoms in total. The van der Waals surface area contributed by atoms with Gasteiger partial charge in [-0.1, -0.05) is 13.3 Å². The Labute approximate surface area is 99.0 Å². The second-order valence-electron chi connectivity index (χ2n) is 3.78. The van der Waals surface area contributed by atoms with Gasteiger partial charge in [-0.05, 0) is 18.6 Å². The van der Waals surface area contributed by atoms with Gasteiger partial charge in [-0.25, -0.2) is 4.39 Å². The van der Waals surface area contributed by atoms with Crippen molar-refractivity contribution >= 4 is 11.4 Å². The molecule has 1 unspecified atom stereocenters. The molecule has 0 spiro atoms. The summed E-state index contributed by atoms with van der Waals surface area (Å²) in [5.74, 6) is -0.623. The molecule has 0 heterocycles. The summed E-state index contributed by atoms with van der Waals surface area (Å²) in [5, 5.41) is 13.7. The molecule has 3 N–H and O–H groups in total. The van der Waals surface area contributed by atoms with E-state index in [0.717, 1.165) is 18.9 Å². The molecule has 0 aliphatic carbocycles. The Bertz CT molecular complexity index is 398. The Hall–Kier alpha value is -1.69. The van der Waals surface area contributed by atoms with Crippen LogP contribution in [0.5, 0.6) is 0 Å². The van der Waals surface area contributed by atoms with Crippen LogP contribution in [0.3, 0.4) is 0 Å². The van der Waals surface area contributed by atoms with Crippen LogP contribution in [-0.4, -0.2) is 17.5 Å². The van der Waals surface area contributed by atoms with E-state index >= 15 is 0 Å². The Morgan fingerprint density at radius 1 is 1.59 bits per heavy atom. The lowest BCUT2D eigenvalue weighted by molar-refractivity contribution is -0.384. The number of nitrogens with one attached hydrogen (secondary N) is 1. The van der Waals surface area contributed by atoms with Crippen molar-refractivity contribution in [2.75, 3.05) is 11.9 Å². The molecule has 0 radical (unpaired) electrons. The Morgan fingerprint density at radius 3 is 2.82 bits per heavy atom. The molecule has 0 aliphatic heterocycles. The van der Waals surface area contributed by atoms with Crippen molar-refractivity contribution in [2.45, 2.75) is 25.8 Å². The van der Waals surface area contributed by atoms with E-state index in [4.69, 9.17) is 5.73 Å². The van der Waals surface area contributed by atoms with Crippen LogP contribution >= 0.6 is 0 Å². The van der Waals surface area contributed by atoms with Crippen LogP contribution in [0.4, 0.5) is 15.8 Å². The number of nitro groups is 1. The molecule has 0 fully saturated rings. The molecule has 1 rings (SSSR count). The third-order valence-corrected chi connectivity index (χ3v) is 2.44. The molecule has 0 saturated heterocycles. The van der Waals surface area contributed by atoms with Crippen molar-refractivity contribution in [1.82, 2.24) is 0 Å². The summed E-state index contributed by atoms with van der Waals surface area (Å²) >= 11 is 0. The van der Waals surface area contributed by atoms with Crippen molar-refractivity contribution in [1.29, 1.82) is 0 Å². The van der Waals surface area contributed by atoms with Crippen molar-refractivity contribution in [3.05, 3.63) is 34.1 Å². The van der Waals surface area contributed by atoms with E-state index in [1.54, 1.807) is 0 Å². The summed E-state index contributed by atoms with van der Waals surface area (Å²) < 4.78 is 12.9. The largest absolute Gasteiger partial charge is 0.375 e. The van der Waals surface area contributed by atoms with Crippen molar-refractivity contribution in [3.8, 4) is 0 Å². The first-order chi connectivity index (χ1) is 8.08. The van der Waals surface area contributed by atoms with E-state index in [2.05, 4.69) is 5.32 Å². The van der Waals surface area contributed by atoms with Gasteiger partial charge >= 0.3 is 0 Å². The second-order valence-corrected chi connectivity index (χ2v) is 3.78. The fourth-order valence-corrected chi connectivity index (χ4v) is 1.60. The van der Waals surface area contributed by atoms with Gasteiger partial charge in [0.25, 0.3) is 5.69 Å². The number of nitrogens with zero attached hydrogens (tertiary/aromatic N) is 1. The maximum atomic E-state index is 12.9. The highest BCUT2D eigenvalue weighted by atomic mass is 19.1. The average Bonchev–Trinajstić information content (AvgIpc) is 2.30. The maximum absolute atomic E-state index is 12.9. The molecule has 6 heteroatoms. The Kier molecular flexibility index (Phi) is 4.84. The number of hydrogen-bond donors (Lipinski definition) is 2. The number of halogens is 1. The standard InChI is InChI=1S/C11H16FN3O2/c1-2-3-9(7-13)14-10-5-4-8(12)6-11(10)15(16)17/h4-6,9,14H,2-3,7,13H2,1H3. The average molecular weight is 241 g/mol. The predicted octanol–water partition coefficient (Wildman–Crippen LogP) is 2.27. The van der Waals surface area contributed by atoms with Gasteiger partial charge in [-0.15, -0.1) is 0 Å². The number of benzene rings is 1. The summed E-state index contributed by atoms with van der Waals surface area (Å²) in [5.41, 5.74) is 5.60. The zero-order valence-corrected chi connectivity index (χ0v) is 9.65. The summed E-state index contributed by atoms with van der Waals surface area (Å²) in [6.07, 6.45) is 1.73. The highest BCUT2D eigenvalue weighted by molar-refractivity contribution is 5.61. The fraction of sp³-hybridized carbons (Fsp3) is 0.455. The minimum absolute atomic E-state index is 0.0378. The van der Waals surface area contributed by atoms with Gasteiger partial charge in [0.15, 0.2) is 0 Å². The SMILES string of the molecule is CCCC(CN)Nc1ccc(F)cc1[N+](=O)[O-]. The smallest absolute Gasteiger partial charge is 0.295 e. The van der Waals surface area contributed by atoms with E-state index in [-0.39, 0.29) is 11.7 Å². The summed E-state index contributed by atoms with van der Waals surface area (Å²) in [6.45, 7) is 2.38. The third kappa shape index (κ3) is 3.67. The summed E-state index contributed by atoms with van der Waals surface area (Å²) in [4.78, 5) is 10.2. The van der Waals surface area contributed by atoms with E-state index in [1.807, 2.05) is 6.92 Å². The van der Waals surface area contributed by atoms with E-state index < -0.39 is 10.7 Å². The minimum atomic E-state index is -0.623. The molecule has 0 aromatic heterocycles. The molecule has 0 bridgehead atoms. The van der Waals surface area contributed by atoms with E-state index in [0.29, 0.717) is 12.2 Å². The van der Waals surface area contributed by atoms with Gasteiger partial charge < -0.3 is 11.1 Å². The van der Waals surface area contributed by atoms with E-state index in [9.17, 15) is 14.5 Å². The van der Waals surface area contributed by atoms with Crippen LogP contribution in [0.25, 0.3) is 0 Å². The molecule has 0 saturated carbocycles. The predicted molar refractivity (Wildman–Crippen MR) is 64.4 cm³/mol. The normalized spacial score (nSPS) is 12.2. The van der Waals surface area contributed by atoms with Gasteiger partial charge in [-0.3, -0.25) is 10.1 Å². The van der Waals surface area contributed by atoms with Crippen molar-refractivity contribution < 1.29 is 9.31 Å². The lowest BCUT2D eigenvalue weighted by atomic mass is 10.1. The summed E-state index contributed by atoms with van der Waals surface area (Å²) in [6, 6.07) is 3.42. The molecule has 0 aliphatic rings. The highest BCUT2D eigenvalue weighted by Gasteiger charge is 2.17. The topological polar surface area (TPSA) is 81.2 Å². The molecule has 1 aromatic rings. The number of anilines is 1. The Balaban J connectivity index is 2.92. The van der Waals surface area contributed by atoms with E-state index in [1.165, 1.54) is 12.1 Å². The van der Waals surface area contributed by atoms with Crippen LogP contribution < -0.4 is 11.1 Å². The fourth-order valence-electron chi connectivity index (χ4n) is 1.60. The van der Waals surface area contributed by atoms with Crippen LogP contribution in [0, 0.1) is 15.9 Å². The van der Waals surface area contributed by atoms with Gasteiger partial charge in [-0.2, -0.15) is 0 Å². The van der Waals surface area contributed by atoms with Gasteiger partial charge in [0.05, 0.1) is 11.0 Å². The van der Waals surface area contributed by atoms with Crippen LogP contribution in [0.15, 0.2) is 18.2 Å². The Morgan fingerprint density at radius 2 is 2.29 bits per heavy atom. The van der Waals surface area contributed by atoms with Gasteiger partial charge in [0, 0.05) is 12.6 Å². The number of hydrogen-bond acceptors (Lipinski definition) is 4. The minimum Gasteiger partial charge on any atom is -0.375 e. The molecule has 0 amide bonds. The van der Waals surface area contributed by atoms with Crippen LogP contribution in [-0.2, 0) is 0 Å². The number of nitrogens with two attached hydrogens (primary N) is 1. The monoisotopic (exact) mass is 241 g/mol. The van der Waals surface area contributed by atoms with Gasteiger partial charge in [0.1, 0.15) is 11.5 Å². The number of nitro benzene ring substituents is 1. The maximum Gasteiger partial charge on any atom is 0.295 e. The molecule has 17 heavy (non-hydrogen) atoms. The molecule has 94 valence electrons. The lowest BCUT2D eigenvalue weighted by Crippen LogP contribution is -2.28. The highest BCUT2D eigenvalue weighted by Crippen LogP contribution is 2.26. The van der Waals surface area contributed by atoms with Crippen LogP contribution in [0.1, 0.15) is 19.8 Å². The number of rotatable bonds is 6. The van der Waals surface area contributed by atoms with Crippen LogP contribution in [0.2, 0.25) is 0 Å². The zero-order valence-electron chi connectivity index (χ0n) is 9.65.